The summed E-state index contributed by atoms with van der Waals surface area (Å²) in [7, 11) is 0. The molecule has 180 valence electrons. The highest BCUT2D eigenvalue weighted by atomic mass is 16.5. The van der Waals surface area contributed by atoms with Crippen LogP contribution >= 0.6 is 0 Å². The molecule has 9 heteroatoms. The topological polar surface area (TPSA) is 134 Å². The lowest BCUT2D eigenvalue weighted by Crippen LogP contribution is -2.45. The van der Waals surface area contributed by atoms with Gasteiger partial charge in [-0.1, -0.05) is 61.9 Å². The maximum Gasteiger partial charge on any atom is 0.407 e. The summed E-state index contributed by atoms with van der Waals surface area (Å²) >= 11 is 0. The molecule has 0 radical (unpaired) electrons. The lowest BCUT2D eigenvalue weighted by Gasteiger charge is -2.16. The first-order chi connectivity index (χ1) is 16.4. The van der Waals surface area contributed by atoms with Crippen molar-refractivity contribution in [3.63, 3.8) is 0 Å². The van der Waals surface area contributed by atoms with Gasteiger partial charge in [0, 0.05) is 12.0 Å². The predicted octanol–water partition coefficient (Wildman–Crippen LogP) is 2.40. The van der Waals surface area contributed by atoms with Crippen molar-refractivity contribution in [1.82, 2.24) is 16.0 Å². The molecule has 9 nitrogen and oxygen atoms in total. The van der Waals surface area contributed by atoms with Gasteiger partial charge in [0.05, 0.1) is 13.0 Å². The predicted molar refractivity (Wildman–Crippen MR) is 125 cm³/mol. The van der Waals surface area contributed by atoms with Crippen LogP contribution in [0.25, 0.3) is 11.1 Å². The Balaban J connectivity index is 1.41. The van der Waals surface area contributed by atoms with Gasteiger partial charge in [0.2, 0.25) is 11.8 Å². The third-order valence-electron chi connectivity index (χ3n) is 5.61. The first kappa shape index (κ1) is 24.8. The second kappa shape index (κ2) is 11.8. The molecule has 2 aromatic carbocycles. The van der Waals surface area contributed by atoms with Gasteiger partial charge >= 0.3 is 12.1 Å². The number of carbonyl (C=O) groups is 4. The standard InChI is InChI=1S/C25H29N3O6/c1-2-7-16(12-24(31)32)28-23(30)14-26-22(29)13-27-25(33)34-15-21-19-10-5-3-8-17(19)18-9-4-6-11-20(18)21/h3-6,8-11,16,21H,2,7,12-15H2,1H3,(H,26,29)(H,27,33)(H,28,30)(H,31,32)/t16-/m0/s1. The van der Waals surface area contributed by atoms with Crippen LogP contribution in [0.15, 0.2) is 48.5 Å². The number of benzene rings is 2. The summed E-state index contributed by atoms with van der Waals surface area (Å²) in [5, 5.41) is 16.3. The fourth-order valence-corrected chi connectivity index (χ4v) is 4.11. The molecule has 0 aliphatic heterocycles. The molecule has 0 saturated heterocycles. The quantitative estimate of drug-likeness (QED) is 0.401. The van der Waals surface area contributed by atoms with Crippen molar-refractivity contribution in [2.24, 2.45) is 0 Å². The van der Waals surface area contributed by atoms with Crippen molar-refractivity contribution in [2.45, 2.75) is 38.1 Å². The summed E-state index contributed by atoms with van der Waals surface area (Å²) in [6.07, 6.45) is 0.326. The van der Waals surface area contributed by atoms with E-state index in [0.717, 1.165) is 22.3 Å². The Labute approximate surface area is 197 Å². The fraction of sp³-hybridized carbons (Fsp3) is 0.360. The maximum absolute atomic E-state index is 12.1. The number of hydrogen-bond donors (Lipinski definition) is 4. The molecule has 0 aromatic heterocycles. The van der Waals surface area contributed by atoms with Crippen molar-refractivity contribution in [2.75, 3.05) is 19.7 Å². The van der Waals surface area contributed by atoms with E-state index in [9.17, 15) is 19.2 Å². The van der Waals surface area contributed by atoms with Gasteiger partial charge in [-0.25, -0.2) is 4.79 Å². The van der Waals surface area contributed by atoms with Gasteiger partial charge in [-0.05, 0) is 28.7 Å². The number of rotatable bonds is 11. The minimum absolute atomic E-state index is 0.0856. The molecule has 0 bridgehead atoms. The average molecular weight is 468 g/mol. The molecule has 4 N–H and O–H groups in total. The number of amides is 3. The van der Waals surface area contributed by atoms with Crippen LogP contribution < -0.4 is 16.0 Å². The Hall–Kier alpha value is -3.88. The summed E-state index contributed by atoms with van der Waals surface area (Å²) in [5.74, 6) is -2.14. The van der Waals surface area contributed by atoms with Gasteiger partial charge in [0.1, 0.15) is 13.2 Å². The van der Waals surface area contributed by atoms with E-state index in [1.165, 1.54) is 0 Å². The zero-order valence-electron chi connectivity index (χ0n) is 19.0. The van der Waals surface area contributed by atoms with E-state index >= 15 is 0 Å². The molecule has 0 saturated carbocycles. The van der Waals surface area contributed by atoms with Crippen LogP contribution in [0.2, 0.25) is 0 Å². The number of fused-ring (bicyclic) bond motifs is 3. The summed E-state index contributed by atoms with van der Waals surface area (Å²) in [6.45, 7) is 1.35. The molecular weight excluding hydrogens is 438 g/mol. The SMILES string of the molecule is CCC[C@@H](CC(=O)O)NC(=O)CNC(=O)CNC(=O)OCC1c2ccccc2-c2ccccc21. The van der Waals surface area contributed by atoms with Crippen LogP contribution in [0.3, 0.4) is 0 Å². The molecule has 3 rings (SSSR count). The zero-order valence-corrected chi connectivity index (χ0v) is 19.0. The van der Waals surface area contributed by atoms with E-state index < -0.39 is 29.9 Å². The molecule has 34 heavy (non-hydrogen) atoms. The van der Waals surface area contributed by atoms with Crippen molar-refractivity contribution in [3.8, 4) is 11.1 Å². The van der Waals surface area contributed by atoms with Gasteiger partial charge in [-0.2, -0.15) is 0 Å². The van der Waals surface area contributed by atoms with Gasteiger partial charge in [-0.15, -0.1) is 0 Å². The first-order valence-corrected chi connectivity index (χ1v) is 11.3. The van der Waals surface area contributed by atoms with Gasteiger partial charge in [0.15, 0.2) is 0 Å². The largest absolute Gasteiger partial charge is 0.481 e. The van der Waals surface area contributed by atoms with E-state index in [1.54, 1.807) is 0 Å². The number of carboxylic acid groups (broad SMARTS) is 1. The number of aliphatic carboxylic acids is 1. The number of ether oxygens (including phenoxy) is 1. The summed E-state index contributed by atoms with van der Waals surface area (Å²) in [5.41, 5.74) is 4.41. The highest BCUT2D eigenvalue weighted by Gasteiger charge is 2.29. The Kier molecular flexibility index (Phi) is 8.61. The summed E-state index contributed by atoms with van der Waals surface area (Å²) < 4.78 is 5.37. The molecule has 1 atom stereocenters. The van der Waals surface area contributed by atoms with E-state index in [1.807, 2.05) is 55.5 Å². The highest BCUT2D eigenvalue weighted by Crippen LogP contribution is 2.44. The van der Waals surface area contributed by atoms with Crippen LogP contribution in [-0.2, 0) is 19.1 Å². The van der Waals surface area contributed by atoms with E-state index in [0.29, 0.717) is 12.8 Å². The third-order valence-corrected chi connectivity index (χ3v) is 5.61. The second-order valence-electron chi connectivity index (χ2n) is 8.11. The molecule has 0 unspecified atom stereocenters. The molecule has 1 aliphatic rings. The molecule has 1 aliphatic carbocycles. The van der Waals surface area contributed by atoms with Crippen molar-refractivity contribution in [1.29, 1.82) is 0 Å². The molecule has 0 spiro atoms. The number of nitrogens with one attached hydrogen (secondary N) is 3. The van der Waals surface area contributed by atoms with Crippen LogP contribution in [0, 0.1) is 0 Å². The molecule has 0 fully saturated rings. The molecule has 3 amide bonds. The zero-order chi connectivity index (χ0) is 24.5. The monoisotopic (exact) mass is 467 g/mol. The van der Waals surface area contributed by atoms with E-state index in [4.69, 9.17) is 9.84 Å². The van der Waals surface area contributed by atoms with Crippen LogP contribution in [0.5, 0.6) is 0 Å². The van der Waals surface area contributed by atoms with Crippen molar-refractivity contribution < 1.29 is 29.0 Å². The normalized spacial score (nSPS) is 12.7. The lowest BCUT2D eigenvalue weighted by atomic mass is 9.98. The molecule has 2 aromatic rings. The minimum Gasteiger partial charge on any atom is -0.481 e. The Bertz CT molecular complexity index is 1010. The number of carbonyl (C=O) groups excluding carboxylic acids is 3. The van der Waals surface area contributed by atoms with Crippen LogP contribution in [0.4, 0.5) is 4.79 Å². The summed E-state index contributed by atoms with van der Waals surface area (Å²) in [4.78, 5) is 47.0. The van der Waals surface area contributed by atoms with Crippen LogP contribution in [-0.4, -0.2) is 54.7 Å². The minimum atomic E-state index is -1.00. The highest BCUT2D eigenvalue weighted by molar-refractivity contribution is 5.87. The number of hydrogen-bond acceptors (Lipinski definition) is 5. The van der Waals surface area contributed by atoms with E-state index in [2.05, 4.69) is 16.0 Å². The van der Waals surface area contributed by atoms with Gasteiger partial charge < -0.3 is 25.8 Å². The Morgan fingerprint density at radius 1 is 0.912 bits per heavy atom. The first-order valence-electron chi connectivity index (χ1n) is 11.3. The maximum atomic E-state index is 12.1. The smallest absolute Gasteiger partial charge is 0.407 e. The number of carboxylic acids is 1. The van der Waals surface area contributed by atoms with Gasteiger partial charge in [-0.3, -0.25) is 14.4 Å². The van der Waals surface area contributed by atoms with Crippen molar-refractivity contribution in [3.05, 3.63) is 59.7 Å². The van der Waals surface area contributed by atoms with Gasteiger partial charge in [0.25, 0.3) is 0 Å². The lowest BCUT2D eigenvalue weighted by molar-refractivity contribution is -0.138. The fourth-order valence-electron chi connectivity index (χ4n) is 4.11. The van der Waals surface area contributed by atoms with E-state index in [-0.39, 0.29) is 32.0 Å². The number of alkyl carbamates (subject to hydrolysis) is 1. The summed E-state index contributed by atoms with van der Waals surface area (Å²) in [6, 6.07) is 15.5. The second-order valence-corrected chi connectivity index (χ2v) is 8.11. The average Bonchev–Trinajstić information content (AvgIpc) is 3.13. The Morgan fingerprint density at radius 2 is 1.50 bits per heavy atom. The third kappa shape index (κ3) is 6.57. The molecular formula is C25H29N3O6. The van der Waals surface area contributed by atoms with Crippen LogP contribution in [0.1, 0.15) is 43.2 Å². The van der Waals surface area contributed by atoms with Crippen molar-refractivity contribution >= 4 is 23.9 Å². The molecule has 0 heterocycles. The Morgan fingerprint density at radius 3 is 2.09 bits per heavy atom.